The van der Waals surface area contributed by atoms with Crippen LogP contribution in [0.4, 0.5) is 9.18 Å². The molecule has 0 fully saturated rings. The van der Waals surface area contributed by atoms with E-state index in [4.69, 9.17) is 10.2 Å². The molecular weight excluding hydrogens is 267 g/mol. The van der Waals surface area contributed by atoms with E-state index in [2.05, 4.69) is 10.6 Å². The van der Waals surface area contributed by atoms with Gasteiger partial charge in [-0.3, -0.25) is 0 Å². The van der Waals surface area contributed by atoms with Crippen molar-refractivity contribution in [3.8, 4) is 0 Å². The number of aliphatic hydroxyl groups excluding tert-OH is 1. The summed E-state index contributed by atoms with van der Waals surface area (Å²) in [6.07, 6.45) is 0.477. The van der Waals surface area contributed by atoms with Gasteiger partial charge in [-0.1, -0.05) is 12.1 Å². The van der Waals surface area contributed by atoms with Crippen LogP contribution in [0.25, 0.3) is 0 Å². The number of nitrogens with one attached hydrogen (secondary N) is 2. The highest BCUT2D eigenvalue weighted by Crippen LogP contribution is 2.05. The fourth-order valence-corrected chi connectivity index (χ4v) is 1.63. The van der Waals surface area contributed by atoms with Crippen LogP contribution in [0, 0.1) is 5.82 Å². The summed E-state index contributed by atoms with van der Waals surface area (Å²) < 4.78 is 12.7. The molecule has 4 N–H and O–H groups in total. The molecule has 1 rings (SSSR count). The summed E-state index contributed by atoms with van der Waals surface area (Å²) in [6, 6.07) is 3.59. The highest BCUT2D eigenvalue weighted by molar-refractivity contribution is 5.82. The van der Waals surface area contributed by atoms with Crippen molar-refractivity contribution in [3.05, 3.63) is 35.6 Å². The molecule has 0 saturated carbocycles. The van der Waals surface area contributed by atoms with Gasteiger partial charge in [0.15, 0.2) is 6.04 Å². The molecule has 0 bridgehead atoms. The number of aliphatic carboxylic acids is 1. The summed E-state index contributed by atoms with van der Waals surface area (Å²) in [6.45, 7) is 1.05. The molecule has 20 heavy (non-hydrogen) atoms. The standard InChI is InChI=1S/C13H17FN2O4/c1-8(6-9-2-4-10(14)5-3-9)15-13(20)16-11(7-17)12(18)19/h2-5,8,11,17H,6-7H2,1H3,(H,18,19)(H2,15,16,20)/t8?,11-/m1/s1. The van der Waals surface area contributed by atoms with Gasteiger partial charge in [-0.15, -0.1) is 0 Å². The van der Waals surface area contributed by atoms with E-state index >= 15 is 0 Å². The third kappa shape index (κ3) is 5.23. The Bertz CT molecular complexity index is 464. The first kappa shape index (κ1) is 15.9. The predicted octanol–water partition coefficient (Wildman–Crippen LogP) is 0.501. The van der Waals surface area contributed by atoms with Crippen LogP contribution in [0.3, 0.4) is 0 Å². The second-order valence-corrected chi connectivity index (χ2v) is 4.42. The topological polar surface area (TPSA) is 98.7 Å². The van der Waals surface area contributed by atoms with Crippen molar-refractivity contribution >= 4 is 12.0 Å². The summed E-state index contributed by atoms with van der Waals surface area (Å²) in [7, 11) is 0. The third-order valence-electron chi connectivity index (χ3n) is 2.62. The molecular formula is C13H17FN2O4. The Morgan fingerprint density at radius 1 is 1.25 bits per heavy atom. The minimum Gasteiger partial charge on any atom is -0.480 e. The van der Waals surface area contributed by atoms with Crippen molar-refractivity contribution in [1.82, 2.24) is 10.6 Å². The average Bonchev–Trinajstić information content (AvgIpc) is 2.38. The molecule has 0 aliphatic carbocycles. The first-order chi connectivity index (χ1) is 9.42. The van der Waals surface area contributed by atoms with Crippen LogP contribution in [0.1, 0.15) is 12.5 Å². The quantitative estimate of drug-likeness (QED) is 0.611. The average molecular weight is 284 g/mol. The lowest BCUT2D eigenvalue weighted by atomic mass is 10.1. The first-order valence-corrected chi connectivity index (χ1v) is 6.07. The summed E-state index contributed by atoms with van der Waals surface area (Å²) >= 11 is 0. The molecule has 0 spiro atoms. The van der Waals surface area contributed by atoms with E-state index in [1.807, 2.05) is 0 Å². The normalized spacial score (nSPS) is 13.3. The number of hydrogen-bond donors (Lipinski definition) is 4. The molecule has 2 amide bonds. The summed E-state index contributed by atoms with van der Waals surface area (Å²) in [5.41, 5.74) is 0.844. The number of aliphatic hydroxyl groups is 1. The number of urea groups is 1. The molecule has 2 atom stereocenters. The van der Waals surface area contributed by atoms with E-state index in [9.17, 15) is 14.0 Å². The van der Waals surface area contributed by atoms with Gasteiger partial charge < -0.3 is 20.8 Å². The van der Waals surface area contributed by atoms with Crippen LogP contribution in [-0.4, -0.2) is 40.9 Å². The number of carboxylic acids is 1. The fraction of sp³-hybridized carbons (Fsp3) is 0.385. The van der Waals surface area contributed by atoms with Crippen LogP contribution in [0.2, 0.25) is 0 Å². The Morgan fingerprint density at radius 2 is 1.85 bits per heavy atom. The molecule has 1 unspecified atom stereocenters. The molecule has 0 aliphatic heterocycles. The second kappa shape index (κ2) is 7.44. The third-order valence-corrected chi connectivity index (χ3v) is 2.62. The summed E-state index contributed by atoms with van der Waals surface area (Å²) in [5, 5.41) is 22.1. The molecule has 0 aromatic heterocycles. The molecule has 6 nitrogen and oxygen atoms in total. The van der Waals surface area contributed by atoms with E-state index in [1.165, 1.54) is 12.1 Å². The lowest BCUT2D eigenvalue weighted by molar-refractivity contribution is -0.140. The maximum Gasteiger partial charge on any atom is 0.328 e. The van der Waals surface area contributed by atoms with E-state index in [0.717, 1.165) is 5.56 Å². The van der Waals surface area contributed by atoms with Gasteiger partial charge in [0.25, 0.3) is 0 Å². The largest absolute Gasteiger partial charge is 0.480 e. The smallest absolute Gasteiger partial charge is 0.328 e. The predicted molar refractivity (Wildman–Crippen MR) is 69.7 cm³/mol. The number of carbonyl (C=O) groups is 2. The van der Waals surface area contributed by atoms with Gasteiger partial charge in [-0.2, -0.15) is 0 Å². The van der Waals surface area contributed by atoms with Gasteiger partial charge in [0.1, 0.15) is 5.82 Å². The van der Waals surface area contributed by atoms with Crippen LogP contribution in [-0.2, 0) is 11.2 Å². The Labute approximate surface area is 115 Å². The number of benzene rings is 1. The number of halogens is 1. The van der Waals surface area contributed by atoms with Gasteiger partial charge in [0.05, 0.1) is 6.61 Å². The molecule has 110 valence electrons. The van der Waals surface area contributed by atoms with Crippen molar-refractivity contribution in [2.24, 2.45) is 0 Å². The number of carbonyl (C=O) groups excluding carboxylic acids is 1. The lowest BCUT2D eigenvalue weighted by Gasteiger charge is -2.17. The van der Waals surface area contributed by atoms with Crippen molar-refractivity contribution < 1.29 is 24.2 Å². The van der Waals surface area contributed by atoms with Crippen molar-refractivity contribution in [2.45, 2.75) is 25.4 Å². The second-order valence-electron chi connectivity index (χ2n) is 4.42. The SMILES string of the molecule is CC(Cc1ccc(F)cc1)NC(=O)N[C@H](CO)C(=O)O. The van der Waals surface area contributed by atoms with Gasteiger partial charge in [0.2, 0.25) is 0 Å². The maximum atomic E-state index is 12.7. The maximum absolute atomic E-state index is 12.7. The number of hydrogen-bond acceptors (Lipinski definition) is 3. The highest BCUT2D eigenvalue weighted by Gasteiger charge is 2.19. The Balaban J connectivity index is 2.45. The molecule has 0 radical (unpaired) electrons. The van der Waals surface area contributed by atoms with E-state index in [1.54, 1.807) is 19.1 Å². The Morgan fingerprint density at radius 3 is 2.35 bits per heavy atom. The van der Waals surface area contributed by atoms with Gasteiger partial charge in [0, 0.05) is 6.04 Å². The summed E-state index contributed by atoms with van der Waals surface area (Å²) in [4.78, 5) is 22.2. The number of amides is 2. The van der Waals surface area contributed by atoms with Crippen LogP contribution >= 0.6 is 0 Å². The molecule has 0 heterocycles. The number of carboxylic acid groups (broad SMARTS) is 1. The van der Waals surface area contributed by atoms with Crippen LogP contribution in [0.5, 0.6) is 0 Å². The van der Waals surface area contributed by atoms with E-state index in [-0.39, 0.29) is 11.9 Å². The molecule has 0 aliphatic rings. The first-order valence-electron chi connectivity index (χ1n) is 6.07. The monoisotopic (exact) mass is 284 g/mol. The van der Waals surface area contributed by atoms with E-state index < -0.39 is 24.6 Å². The summed E-state index contributed by atoms with van der Waals surface area (Å²) in [5.74, 6) is -1.65. The molecule has 1 aromatic carbocycles. The van der Waals surface area contributed by atoms with Crippen molar-refractivity contribution in [2.75, 3.05) is 6.61 Å². The van der Waals surface area contributed by atoms with Crippen molar-refractivity contribution in [3.63, 3.8) is 0 Å². The van der Waals surface area contributed by atoms with Crippen molar-refractivity contribution in [1.29, 1.82) is 0 Å². The minimum absolute atomic E-state index is 0.270. The van der Waals surface area contributed by atoms with E-state index in [0.29, 0.717) is 6.42 Å². The van der Waals surface area contributed by atoms with Gasteiger partial charge in [-0.05, 0) is 31.0 Å². The fourth-order valence-electron chi connectivity index (χ4n) is 1.63. The van der Waals surface area contributed by atoms with Gasteiger partial charge >= 0.3 is 12.0 Å². The molecule has 1 aromatic rings. The minimum atomic E-state index is -1.34. The zero-order valence-electron chi connectivity index (χ0n) is 11.0. The number of rotatable bonds is 6. The molecule has 7 heteroatoms. The zero-order valence-corrected chi connectivity index (χ0v) is 11.0. The zero-order chi connectivity index (χ0) is 15.1. The molecule has 0 saturated heterocycles. The van der Waals surface area contributed by atoms with Crippen LogP contribution < -0.4 is 10.6 Å². The lowest BCUT2D eigenvalue weighted by Crippen LogP contribution is -2.50. The Hall–Kier alpha value is -2.15. The van der Waals surface area contributed by atoms with Gasteiger partial charge in [-0.25, -0.2) is 14.0 Å². The Kier molecular flexibility index (Phi) is 5.92. The highest BCUT2D eigenvalue weighted by atomic mass is 19.1. The van der Waals surface area contributed by atoms with Crippen LogP contribution in [0.15, 0.2) is 24.3 Å².